The van der Waals surface area contributed by atoms with E-state index in [1.54, 1.807) is 22.4 Å². The molecule has 0 amide bonds. The molecule has 0 fully saturated rings. The Balaban J connectivity index is 2.21. The zero-order chi connectivity index (χ0) is 19.7. The summed E-state index contributed by atoms with van der Waals surface area (Å²) in [5.41, 5.74) is 3.56. The van der Waals surface area contributed by atoms with Crippen molar-refractivity contribution < 1.29 is 4.74 Å². The van der Waals surface area contributed by atoms with Gasteiger partial charge >= 0.3 is 179 Å². The van der Waals surface area contributed by atoms with Gasteiger partial charge in [-0.25, -0.2) is 0 Å². The molecule has 1 unspecified atom stereocenters. The van der Waals surface area contributed by atoms with Crippen LogP contribution in [0.4, 0.5) is 0 Å². The summed E-state index contributed by atoms with van der Waals surface area (Å²) in [4.78, 5) is 26.4. The summed E-state index contributed by atoms with van der Waals surface area (Å²) in [6, 6.07) is 0. The molecule has 3 aromatic rings. The third kappa shape index (κ3) is 3.80. The number of aryl methyl sites for hydroxylation is 2. The van der Waals surface area contributed by atoms with E-state index in [-0.39, 0.29) is 5.69 Å². The summed E-state index contributed by atoms with van der Waals surface area (Å²) < 4.78 is 9.33. The van der Waals surface area contributed by atoms with Crippen molar-refractivity contribution in [2.24, 2.45) is 0 Å². The van der Waals surface area contributed by atoms with Gasteiger partial charge in [0.05, 0.1) is 0 Å². The van der Waals surface area contributed by atoms with Crippen molar-refractivity contribution in [1.29, 1.82) is 0 Å². The number of alkyl halides is 1. The number of halogens is 2. The first-order chi connectivity index (χ1) is 12.9. The average molecular weight is 517 g/mol. The Labute approximate surface area is 178 Å². The average Bonchev–Trinajstić information content (AvgIpc) is 2.88. The number of fused-ring (bicyclic) bond motifs is 1. The Hall–Kier alpha value is -1.37. The number of methoxy groups -OCH3 is 1. The molecule has 144 valence electrons. The van der Waals surface area contributed by atoms with E-state index in [1.165, 1.54) is 16.9 Å². The molecule has 0 spiro atoms. The molecule has 0 bridgehead atoms. The van der Waals surface area contributed by atoms with Crippen LogP contribution in [0.3, 0.4) is 0 Å². The van der Waals surface area contributed by atoms with Gasteiger partial charge in [0.25, 0.3) is 0 Å². The standard InChI is InChI=1S/C17H20AsBrClN5O2/c1-9-7-21-11(10(2)13(9)27-3)8-25-15-12(14(20)22-16(18)23-15)24(17(25)26)6-4-5-19/h7H,4-6,8,18H2,1-3H3. The quantitative estimate of drug-likeness (QED) is 0.281. The van der Waals surface area contributed by atoms with Gasteiger partial charge in [0.1, 0.15) is 0 Å². The summed E-state index contributed by atoms with van der Waals surface area (Å²) in [7, 11) is 1.63. The van der Waals surface area contributed by atoms with E-state index in [2.05, 4.69) is 30.9 Å². The monoisotopic (exact) mass is 515 g/mol. The first kappa shape index (κ1) is 20.4. The third-order valence-corrected chi connectivity index (χ3v) is 5.77. The van der Waals surface area contributed by atoms with Crippen LogP contribution in [0.2, 0.25) is 5.15 Å². The fourth-order valence-electron chi connectivity index (χ4n) is 3.13. The molecule has 0 saturated heterocycles. The van der Waals surface area contributed by atoms with Gasteiger partial charge in [-0.15, -0.1) is 0 Å². The Morgan fingerprint density at radius 1 is 1.30 bits per heavy atom. The van der Waals surface area contributed by atoms with Crippen LogP contribution in [0.15, 0.2) is 11.0 Å². The maximum absolute atomic E-state index is 13.1. The second-order valence-corrected chi connectivity index (χ2v) is 8.39. The molecular weight excluding hydrogens is 496 g/mol. The van der Waals surface area contributed by atoms with Crippen LogP contribution in [-0.2, 0) is 13.1 Å². The Bertz CT molecular complexity index is 1070. The summed E-state index contributed by atoms with van der Waals surface area (Å²) in [6.07, 6.45) is 2.55. The molecule has 3 rings (SSSR count). The van der Waals surface area contributed by atoms with Crippen molar-refractivity contribution in [2.75, 3.05) is 12.4 Å². The molecule has 10 heteroatoms. The van der Waals surface area contributed by atoms with Crippen LogP contribution in [0.5, 0.6) is 5.75 Å². The molecule has 0 radical (unpaired) electrons. The van der Waals surface area contributed by atoms with Gasteiger partial charge in [-0.2, -0.15) is 0 Å². The van der Waals surface area contributed by atoms with E-state index in [1.807, 2.05) is 13.8 Å². The Morgan fingerprint density at radius 3 is 2.70 bits per heavy atom. The minimum absolute atomic E-state index is 0.166. The zero-order valence-electron chi connectivity index (χ0n) is 15.3. The number of hydrogen-bond acceptors (Lipinski definition) is 5. The summed E-state index contributed by atoms with van der Waals surface area (Å²) in [5.74, 6) is 0.781. The minimum atomic E-state index is -0.166. The second-order valence-electron chi connectivity index (χ2n) is 6.15. The van der Waals surface area contributed by atoms with Crippen LogP contribution in [0.25, 0.3) is 11.2 Å². The van der Waals surface area contributed by atoms with Crippen molar-refractivity contribution in [1.82, 2.24) is 24.1 Å². The molecule has 27 heavy (non-hydrogen) atoms. The van der Waals surface area contributed by atoms with Crippen LogP contribution in [-0.4, -0.2) is 53.4 Å². The van der Waals surface area contributed by atoms with Gasteiger partial charge in [-0.1, -0.05) is 0 Å². The molecule has 0 N–H and O–H groups in total. The fraction of sp³-hybridized carbons (Fsp3) is 0.412. The molecular formula is C17H20AsBrClN5O2. The zero-order valence-corrected chi connectivity index (χ0v) is 20.1. The van der Waals surface area contributed by atoms with E-state index in [4.69, 9.17) is 16.3 Å². The number of rotatable bonds is 6. The SMILES string of the molecule is COc1c(C)cnc(Cn2c(=O)n(CCCBr)c3c(Cl)nc([AsH2])nc32)c1C. The maximum atomic E-state index is 13.1. The van der Waals surface area contributed by atoms with Gasteiger partial charge in [-0.05, 0) is 0 Å². The molecule has 0 aliphatic heterocycles. The van der Waals surface area contributed by atoms with Crippen molar-refractivity contribution in [3.05, 3.63) is 38.7 Å². The van der Waals surface area contributed by atoms with Crippen LogP contribution in [0, 0.1) is 13.8 Å². The predicted octanol–water partition coefficient (Wildman–Crippen LogP) is 1.36. The van der Waals surface area contributed by atoms with Gasteiger partial charge in [0.2, 0.25) is 0 Å². The molecule has 0 saturated carbocycles. The normalized spacial score (nSPS) is 11.3. The number of nitrogens with zero attached hydrogens (tertiary/aromatic N) is 5. The fourth-order valence-corrected chi connectivity index (χ4v) is 4.36. The predicted molar refractivity (Wildman–Crippen MR) is 113 cm³/mol. The number of ether oxygens (including phenoxy) is 1. The van der Waals surface area contributed by atoms with Crippen molar-refractivity contribution >= 4 is 60.2 Å². The molecule has 3 heterocycles. The van der Waals surface area contributed by atoms with Crippen molar-refractivity contribution in [3.8, 4) is 5.75 Å². The van der Waals surface area contributed by atoms with E-state index in [0.29, 0.717) is 34.0 Å². The first-order valence-corrected chi connectivity index (χ1v) is 11.1. The second kappa shape index (κ2) is 8.33. The first-order valence-electron chi connectivity index (χ1n) is 8.36. The Morgan fingerprint density at radius 2 is 2.04 bits per heavy atom. The number of pyridine rings is 1. The molecule has 0 aliphatic carbocycles. The van der Waals surface area contributed by atoms with Gasteiger partial charge in [0.15, 0.2) is 0 Å². The van der Waals surface area contributed by atoms with Crippen LogP contribution in [0.1, 0.15) is 23.2 Å². The molecule has 0 aliphatic rings. The van der Waals surface area contributed by atoms with Crippen molar-refractivity contribution in [2.45, 2.75) is 33.4 Å². The summed E-state index contributed by atoms with van der Waals surface area (Å²) in [5, 5.41) is 1.09. The number of imidazole rings is 1. The molecule has 7 nitrogen and oxygen atoms in total. The van der Waals surface area contributed by atoms with Gasteiger partial charge in [-0.3, -0.25) is 0 Å². The van der Waals surface area contributed by atoms with E-state index in [0.717, 1.165) is 34.3 Å². The number of aromatic nitrogens is 5. The topological polar surface area (TPSA) is 74.8 Å². The van der Waals surface area contributed by atoms with Crippen molar-refractivity contribution in [3.63, 3.8) is 0 Å². The Kier molecular flexibility index (Phi) is 6.28. The van der Waals surface area contributed by atoms with E-state index >= 15 is 0 Å². The molecule has 3 aromatic heterocycles. The van der Waals surface area contributed by atoms with Gasteiger partial charge in [0, 0.05) is 0 Å². The van der Waals surface area contributed by atoms with Crippen LogP contribution < -0.4 is 15.0 Å². The number of hydrogen-bond donors (Lipinski definition) is 0. The van der Waals surface area contributed by atoms with E-state index in [9.17, 15) is 4.79 Å². The molecule has 0 aromatic carbocycles. The third-order valence-electron chi connectivity index (χ3n) is 4.40. The van der Waals surface area contributed by atoms with Crippen LogP contribution >= 0.6 is 27.5 Å². The summed E-state index contributed by atoms with van der Waals surface area (Å²) >= 11 is 11.0. The van der Waals surface area contributed by atoms with E-state index < -0.39 is 0 Å². The summed E-state index contributed by atoms with van der Waals surface area (Å²) in [6.45, 7) is 4.71. The van der Waals surface area contributed by atoms with Gasteiger partial charge < -0.3 is 0 Å². The molecule has 1 atom stereocenters.